The van der Waals surface area contributed by atoms with Crippen LogP contribution in [-0.2, 0) is 110 Å². The lowest BCUT2D eigenvalue weighted by Gasteiger charge is -2.29. The van der Waals surface area contributed by atoms with Gasteiger partial charge in [0.15, 0.2) is 0 Å². The van der Waals surface area contributed by atoms with E-state index >= 15 is 0 Å². The third kappa shape index (κ3) is 96.1. The summed E-state index contributed by atoms with van der Waals surface area (Å²) in [6.07, 6.45) is 8.42. The molecule has 706 valence electrons. The highest BCUT2D eigenvalue weighted by Crippen LogP contribution is 2.18. The quantitative estimate of drug-likeness (QED) is 0.00797. The zero-order chi connectivity index (χ0) is 95.1. The van der Waals surface area contributed by atoms with Crippen molar-refractivity contribution >= 4 is 111 Å². The molecule has 4 saturated heterocycles. The molecule has 0 aromatic heterocycles. The van der Waals surface area contributed by atoms with Gasteiger partial charge in [0.05, 0.1) is 68.7 Å². The summed E-state index contributed by atoms with van der Waals surface area (Å²) in [6, 6.07) is 0.833. The number of aliphatic hydroxyl groups is 2. The van der Waals surface area contributed by atoms with Gasteiger partial charge >= 0.3 is 47.8 Å². The van der Waals surface area contributed by atoms with Gasteiger partial charge in [-0.1, -0.05) is 163 Å². The van der Waals surface area contributed by atoms with Gasteiger partial charge in [-0.25, -0.2) is 14.4 Å². The maximum Gasteiger partial charge on any atom is 0.330 e. The van der Waals surface area contributed by atoms with Gasteiger partial charge in [0.2, 0.25) is 40.0 Å². The number of aliphatic carboxylic acids is 1. The molecule has 0 aliphatic carbocycles. The minimum Gasteiger partial charge on any atom is -0.481 e. The first kappa shape index (κ1) is 133. The molecular formula is C84H149Cl2N9O27. The molecule has 14 N–H and O–H groups in total. The van der Waals surface area contributed by atoms with Crippen molar-refractivity contribution < 1.29 is 131 Å². The normalized spacial score (nSPS) is 13.1. The number of epoxide rings is 1. The monoisotopic (exact) mass is 1790 g/mol. The molecular weight excluding hydrogens is 1640 g/mol. The van der Waals surface area contributed by atoms with Crippen LogP contribution < -0.4 is 38.1 Å². The summed E-state index contributed by atoms with van der Waals surface area (Å²) < 4.78 is 38.9. The molecule has 0 saturated carbocycles. The van der Waals surface area contributed by atoms with E-state index in [1.54, 1.807) is 102 Å². The van der Waals surface area contributed by atoms with E-state index in [1.807, 2.05) is 41.5 Å². The van der Waals surface area contributed by atoms with Crippen LogP contribution in [0.1, 0.15) is 152 Å². The van der Waals surface area contributed by atoms with E-state index < -0.39 is 56.9 Å². The second kappa shape index (κ2) is 78.9. The molecule has 36 nitrogen and oxygen atoms in total. The van der Waals surface area contributed by atoms with Crippen molar-refractivity contribution in [2.45, 2.75) is 181 Å². The van der Waals surface area contributed by atoms with Crippen molar-refractivity contribution in [1.82, 2.24) is 47.9 Å². The third-order valence-corrected chi connectivity index (χ3v) is 14.0. The fourth-order valence-electron chi connectivity index (χ4n) is 5.92. The highest BCUT2D eigenvalue weighted by atomic mass is 35.5. The summed E-state index contributed by atoms with van der Waals surface area (Å²) in [5.74, 6) is -5.28. The van der Waals surface area contributed by atoms with E-state index in [1.165, 1.54) is 25.7 Å². The Bertz CT molecular complexity index is 3110. The van der Waals surface area contributed by atoms with Gasteiger partial charge in [-0.15, -0.1) is 0 Å². The number of amides is 5. The fraction of sp³-hybridized carbons (Fsp3) is 0.631. The van der Waals surface area contributed by atoms with E-state index in [0.29, 0.717) is 59.2 Å². The first-order valence-corrected chi connectivity index (χ1v) is 39.7. The van der Waals surface area contributed by atoms with Crippen LogP contribution in [0.5, 0.6) is 0 Å². The average Bonchev–Trinajstić information content (AvgIpc) is 1.67. The fourth-order valence-corrected chi connectivity index (χ4v) is 5.92. The van der Waals surface area contributed by atoms with Gasteiger partial charge in [0.25, 0.3) is 0 Å². The zero-order valence-corrected chi connectivity index (χ0v) is 77.6. The molecule has 4 aliphatic rings. The van der Waals surface area contributed by atoms with Crippen LogP contribution in [0.4, 0.5) is 0 Å². The average molecular weight is 1790 g/mol. The van der Waals surface area contributed by atoms with Crippen molar-refractivity contribution in [2.24, 2.45) is 40.4 Å². The number of allylic oxidation sites excluding steroid dienone is 2. The van der Waals surface area contributed by atoms with E-state index in [4.69, 9.17) is 61.8 Å². The molecule has 0 radical (unpaired) electrons. The largest absolute Gasteiger partial charge is 0.481 e. The summed E-state index contributed by atoms with van der Waals surface area (Å²) >= 11 is 9.41. The number of esters is 7. The van der Waals surface area contributed by atoms with E-state index in [0.717, 1.165) is 68.2 Å². The number of carbonyl (C=O) groups is 15. The molecule has 122 heavy (non-hydrogen) atoms. The Hall–Kier alpha value is -9.37. The molecule has 3 atom stereocenters. The van der Waals surface area contributed by atoms with Crippen LogP contribution >= 0.6 is 23.2 Å². The number of carboxylic acid groups (broad SMARTS) is 1. The van der Waals surface area contributed by atoms with Gasteiger partial charge in [-0.2, -0.15) is 0 Å². The van der Waals surface area contributed by atoms with Crippen LogP contribution in [0.15, 0.2) is 101 Å². The number of carboxylic acids is 1. The SMILES string of the molecule is C=CC(=O)Cl.C=CC(=O)Cl.C=CC(=O)NC(C)(C)C(=O)N1CC1.C=CC(=O)NC(C)(C)C(=O)NCC(C)(C)COC(=O)C(C)C.C=CC(=O)NCC(C)(C)COC(=O)C(C)C.C=CC(=O)OCC(O)CCOC(=O)C(C)C.C=CC(=O)OCC1CO1.C=CC(=O)OCCNCCOC(=O)C(C)C.CC.CC(C)C(=O)O.CC1CN1.N.O.OCCN1CC1. The molecule has 0 bridgehead atoms. The minimum atomic E-state index is -1.05. The molecule has 4 fully saturated rings. The number of rotatable bonds is 40. The third-order valence-electron chi connectivity index (χ3n) is 13.7. The molecule has 0 spiro atoms. The van der Waals surface area contributed by atoms with Gasteiger partial charge < -0.3 is 102 Å². The van der Waals surface area contributed by atoms with Crippen molar-refractivity contribution in [3.05, 3.63) is 101 Å². The Labute approximate surface area is 733 Å². The summed E-state index contributed by atoms with van der Waals surface area (Å²) in [7, 11) is 0. The Kier molecular flexibility index (Phi) is 86.1. The zero-order valence-electron chi connectivity index (χ0n) is 76.1. The maximum absolute atomic E-state index is 12.1. The van der Waals surface area contributed by atoms with E-state index in [2.05, 4.69) is 106 Å². The number of β-amino-alcohol motifs (C(OH)–C–C–N with tert-alkyl or cyclic N) is 1. The lowest BCUT2D eigenvalue weighted by Crippen LogP contribution is -2.55. The smallest absolute Gasteiger partial charge is 0.330 e. The topological polar surface area (TPSA) is 548 Å². The summed E-state index contributed by atoms with van der Waals surface area (Å²) in [6.45, 7) is 74.2. The number of carbonyl (C=O) groups excluding carboxylic acids is 14. The molecule has 3 unspecified atom stereocenters. The number of aliphatic hydroxyl groups excluding tert-OH is 2. The highest BCUT2D eigenvalue weighted by molar-refractivity contribution is 6.66. The molecule has 0 aromatic carbocycles. The van der Waals surface area contributed by atoms with Crippen LogP contribution in [0.25, 0.3) is 0 Å². The highest BCUT2D eigenvalue weighted by Gasteiger charge is 2.38. The van der Waals surface area contributed by atoms with Crippen LogP contribution in [-0.4, -0.2) is 273 Å². The number of nitrogens with zero attached hydrogens (tertiary/aromatic N) is 2. The van der Waals surface area contributed by atoms with E-state index in [-0.39, 0.29) is 139 Å². The van der Waals surface area contributed by atoms with Gasteiger partial charge in [-0.3, -0.25) is 62.4 Å². The Balaban J connectivity index is -0.000000145. The van der Waals surface area contributed by atoms with Crippen molar-refractivity contribution in [1.29, 1.82) is 0 Å². The molecule has 38 heteroatoms. The molecule has 0 aromatic rings. The minimum absolute atomic E-state index is 0. The number of hydrogen-bond acceptors (Lipinski definition) is 29. The first-order chi connectivity index (χ1) is 55.5. The number of ether oxygens (including phenoxy) is 8. The van der Waals surface area contributed by atoms with Gasteiger partial charge in [0.1, 0.15) is 43.6 Å². The maximum atomic E-state index is 12.1. The second-order valence-electron chi connectivity index (χ2n) is 29.6. The summed E-state index contributed by atoms with van der Waals surface area (Å²) in [4.78, 5) is 166. The van der Waals surface area contributed by atoms with Crippen molar-refractivity contribution in [3.8, 4) is 0 Å². The molecule has 5 amide bonds. The molecule has 4 rings (SSSR count). The van der Waals surface area contributed by atoms with Crippen LogP contribution in [0.2, 0.25) is 0 Å². The van der Waals surface area contributed by atoms with Crippen molar-refractivity contribution in [2.75, 3.05) is 125 Å². The predicted octanol–water partition coefficient (Wildman–Crippen LogP) is 6.36. The lowest BCUT2D eigenvalue weighted by atomic mass is 9.94. The van der Waals surface area contributed by atoms with Gasteiger partial charge in [0, 0.05) is 107 Å². The van der Waals surface area contributed by atoms with Crippen LogP contribution in [0, 0.1) is 40.4 Å². The molecule has 4 heterocycles. The lowest BCUT2D eigenvalue weighted by molar-refractivity contribution is -0.151. The van der Waals surface area contributed by atoms with E-state index in [9.17, 15) is 77.0 Å². The first-order valence-electron chi connectivity index (χ1n) is 38.9. The Morgan fingerprint density at radius 2 is 0.852 bits per heavy atom. The number of halogens is 2. The van der Waals surface area contributed by atoms with Crippen molar-refractivity contribution in [3.63, 3.8) is 0 Å². The number of hydrogen-bond donors (Lipinski definition) is 10. The van der Waals surface area contributed by atoms with Crippen LogP contribution in [0.3, 0.4) is 0 Å². The number of nitrogens with one attached hydrogen (secondary N) is 6. The Morgan fingerprint density at radius 1 is 0.516 bits per heavy atom. The second-order valence-corrected chi connectivity index (χ2v) is 30.3. The predicted molar refractivity (Wildman–Crippen MR) is 471 cm³/mol. The Morgan fingerprint density at radius 3 is 1.16 bits per heavy atom. The summed E-state index contributed by atoms with van der Waals surface area (Å²) in [5, 5.41) is 41.2. The molecule has 4 aliphatic heterocycles. The van der Waals surface area contributed by atoms with Gasteiger partial charge in [-0.05, 0) is 88.2 Å². The standard InChI is InChI=1S/C16H28N2O4.C12H21NO3.C11H19NO4.C11H18O5.C9H14N2O2.C6H8O3.C4H9NO.C4H8O2.2C3H3ClO.C3H7N.C2H6.H3N.H2O/c1-8-12(19)18-16(6,7)14(21)17-9-15(4,5)10-22-13(20)11(2)3;1-6-10(14)13-7-12(4,5)8-16-11(15)9(2)3;1-4-10(13)15-7-5-12-6-8-16-11(14)9(2)3;1-4-10(13)16-7-9(12)5-6-15-11(14)8(2)3;1-4-7(12)10-9(2,3)8(13)11-5-6-11;1-2-6(7)9-4-5-3-8-5;6-4-3-5-1-2-5;1-3(2)4(5)6;2*1-2-3(4)5;1-3-2-4-3;1-2;;/h8,11H,1,9-10H2,2-7H3,(H,17,21)(H,18,19);6,9H,1,7-8H2,2-5H3,(H,13,14);4,9,12H,1,5-8H2,2-3H3;4,8-9,12H,1,5-7H2,2-3H3;4H,1,5-6H2,2-3H3,(H,10,12);2,5H,1,3-4H2;6H,1-4H2;3H,1-2H3,(H,5,6);2*2H,1H2;3-4H,2H2,1H3;1-2H3;1H3;1H2. The summed E-state index contributed by atoms with van der Waals surface area (Å²) in [5.41, 5.74) is -2.54.